The molecule has 0 unspecified atom stereocenters. The number of nitrogen functional groups attached to an aromatic ring is 1. The fourth-order valence-electron chi connectivity index (χ4n) is 1.30. The number of H-pyrrole nitrogens is 1. The van der Waals surface area contributed by atoms with Crippen molar-refractivity contribution in [3.63, 3.8) is 0 Å². The van der Waals surface area contributed by atoms with E-state index in [1.165, 1.54) is 18.3 Å². The summed E-state index contributed by atoms with van der Waals surface area (Å²) in [6, 6.07) is 2.72. The highest BCUT2D eigenvalue weighted by Gasteiger charge is 2.14. The van der Waals surface area contributed by atoms with Crippen molar-refractivity contribution < 1.29 is 8.42 Å². The van der Waals surface area contributed by atoms with Gasteiger partial charge in [0.05, 0.1) is 11.4 Å². The molecule has 0 spiro atoms. The first-order valence-corrected chi connectivity index (χ1v) is 6.51. The Morgan fingerprint density at radius 1 is 1.33 bits per heavy atom. The molecule has 0 radical (unpaired) electrons. The normalized spacial score (nSPS) is 11.4. The van der Waals surface area contributed by atoms with Gasteiger partial charge in [-0.1, -0.05) is 0 Å². The molecular weight excluding hydrogens is 256 g/mol. The molecule has 0 aromatic carbocycles. The summed E-state index contributed by atoms with van der Waals surface area (Å²) >= 11 is 0. The number of aromatic nitrogens is 3. The Morgan fingerprint density at radius 2 is 2.17 bits per heavy atom. The molecule has 0 aliphatic carbocycles. The number of nitrogens with two attached hydrogens (primary N) is 1. The molecule has 0 bridgehead atoms. The molecule has 0 aliphatic rings. The summed E-state index contributed by atoms with van der Waals surface area (Å²) in [7, 11) is -3.61. The quantitative estimate of drug-likeness (QED) is 0.430. The van der Waals surface area contributed by atoms with Crippen LogP contribution in [0.1, 0.15) is 5.82 Å². The number of hydrogen-bond acceptors (Lipinski definition) is 6. The maximum Gasteiger partial charge on any atom is 0.241 e. The molecule has 96 valence electrons. The Hall–Kier alpha value is -1.97. The Balaban J connectivity index is 2.14. The van der Waals surface area contributed by atoms with Crippen LogP contribution in [0, 0.1) is 0 Å². The van der Waals surface area contributed by atoms with Gasteiger partial charge in [-0.25, -0.2) is 29.0 Å². The van der Waals surface area contributed by atoms with Crippen LogP contribution in [0.2, 0.25) is 0 Å². The number of pyridine rings is 1. The van der Waals surface area contributed by atoms with E-state index in [-0.39, 0.29) is 17.3 Å². The molecule has 8 nitrogen and oxygen atoms in total. The Labute approximate surface area is 104 Å². The minimum absolute atomic E-state index is 0.0806. The van der Waals surface area contributed by atoms with Crippen LogP contribution >= 0.6 is 0 Å². The second kappa shape index (κ2) is 5.12. The van der Waals surface area contributed by atoms with Crippen LogP contribution in [-0.2, 0) is 16.6 Å². The molecule has 9 heteroatoms. The monoisotopic (exact) mass is 268 g/mol. The summed E-state index contributed by atoms with van der Waals surface area (Å²) in [6.07, 6.45) is 4.52. The molecule has 2 aromatic heterocycles. The fraction of sp³-hybridized carbons (Fsp3) is 0.111. The van der Waals surface area contributed by atoms with E-state index in [9.17, 15) is 8.42 Å². The maximum absolute atomic E-state index is 11.9. The standard InChI is InChI=1S/C9H12N6O2S/c10-15-8-5-7(1-2-11-8)18(16,17)14-6-9-12-3-4-13-9/h1-5,14H,6,10H2,(H,11,15)(H,12,13). The van der Waals surface area contributed by atoms with E-state index in [1.54, 1.807) is 12.4 Å². The first-order valence-electron chi connectivity index (χ1n) is 5.02. The van der Waals surface area contributed by atoms with Gasteiger partial charge in [-0.2, -0.15) is 0 Å². The highest BCUT2D eigenvalue weighted by atomic mass is 32.2. The summed E-state index contributed by atoms with van der Waals surface area (Å²) in [5.41, 5.74) is 2.29. The number of nitrogens with one attached hydrogen (secondary N) is 3. The molecule has 0 saturated heterocycles. The second-order valence-corrected chi connectivity index (χ2v) is 5.15. The SMILES string of the molecule is NNc1cc(S(=O)(=O)NCc2ncc[nH]2)ccn1. The number of hydrazine groups is 1. The molecule has 2 aromatic rings. The third kappa shape index (κ3) is 2.83. The van der Waals surface area contributed by atoms with Gasteiger partial charge in [0.1, 0.15) is 11.6 Å². The van der Waals surface area contributed by atoms with Crippen LogP contribution < -0.4 is 16.0 Å². The molecule has 2 heterocycles. The third-order valence-corrected chi connectivity index (χ3v) is 3.57. The number of sulfonamides is 1. The van der Waals surface area contributed by atoms with Gasteiger partial charge in [0.25, 0.3) is 0 Å². The largest absolute Gasteiger partial charge is 0.347 e. The zero-order chi connectivity index (χ0) is 13.0. The van der Waals surface area contributed by atoms with Crippen molar-refractivity contribution in [2.75, 3.05) is 5.43 Å². The van der Waals surface area contributed by atoms with Crippen molar-refractivity contribution in [3.8, 4) is 0 Å². The molecule has 5 N–H and O–H groups in total. The van der Waals surface area contributed by atoms with Crippen molar-refractivity contribution in [1.82, 2.24) is 19.7 Å². The van der Waals surface area contributed by atoms with Crippen LogP contribution in [0.5, 0.6) is 0 Å². The summed E-state index contributed by atoms with van der Waals surface area (Å²) in [4.78, 5) is 10.6. The second-order valence-electron chi connectivity index (χ2n) is 3.38. The first-order chi connectivity index (χ1) is 8.62. The van der Waals surface area contributed by atoms with Gasteiger partial charge in [-0.15, -0.1) is 0 Å². The number of nitrogens with zero attached hydrogens (tertiary/aromatic N) is 2. The topological polar surface area (TPSA) is 126 Å². The van der Waals surface area contributed by atoms with Gasteiger partial charge in [-0.3, -0.25) is 0 Å². The van der Waals surface area contributed by atoms with E-state index in [0.717, 1.165) is 0 Å². The minimum Gasteiger partial charge on any atom is -0.347 e. The van der Waals surface area contributed by atoms with Gasteiger partial charge in [0, 0.05) is 24.7 Å². The molecule has 0 atom stereocenters. The predicted octanol–water partition coefficient (Wildman–Crippen LogP) is -0.431. The number of aromatic amines is 1. The molecule has 0 aliphatic heterocycles. The van der Waals surface area contributed by atoms with E-state index < -0.39 is 10.0 Å². The van der Waals surface area contributed by atoms with E-state index in [4.69, 9.17) is 5.84 Å². The van der Waals surface area contributed by atoms with Crippen molar-refractivity contribution in [2.24, 2.45) is 5.84 Å². The average molecular weight is 268 g/mol. The molecule has 2 rings (SSSR count). The van der Waals surface area contributed by atoms with Crippen molar-refractivity contribution >= 4 is 15.8 Å². The van der Waals surface area contributed by atoms with Gasteiger partial charge in [0.15, 0.2) is 0 Å². The lowest BCUT2D eigenvalue weighted by molar-refractivity contribution is 0.579. The zero-order valence-electron chi connectivity index (χ0n) is 9.29. The Bertz CT molecular complexity index is 610. The van der Waals surface area contributed by atoms with Crippen molar-refractivity contribution in [3.05, 3.63) is 36.5 Å². The Morgan fingerprint density at radius 3 is 2.83 bits per heavy atom. The van der Waals surface area contributed by atoms with E-state index in [2.05, 4.69) is 25.1 Å². The summed E-state index contributed by atoms with van der Waals surface area (Å²) in [6.45, 7) is 0.0864. The Kier molecular flexibility index (Phi) is 3.55. The van der Waals surface area contributed by atoms with Crippen LogP contribution in [0.25, 0.3) is 0 Å². The highest BCUT2D eigenvalue weighted by molar-refractivity contribution is 7.89. The summed E-state index contributed by atoms with van der Waals surface area (Å²) < 4.78 is 26.3. The first kappa shape index (κ1) is 12.5. The number of rotatable bonds is 5. The van der Waals surface area contributed by atoms with Gasteiger partial charge in [0.2, 0.25) is 10.0 Å². The smallest absolute Gasteiger partial charge is 0.241 e. The minimum atomic E-state index is -3.61. The van der Waals surface area contributed by atoms with E-state index in [0.29, 0.717) is 5.82 Å². The van der Waals surface area contributed by atoms with Gasteiger partial charge < -0.3 is 10.4 Å². The fourth-order valence-corrected chi connectivity index (χ4v) is 2.30. The van der Waals surface area contributed by atoms with E-state index in [1.807, 2.05) is 0 Å². The molecule has 0 fully saturated rings. The van der Waals surface area contributed by atoms with Crippen LogP contribution in [0.3, 0.4) is 0 Å². The lowest BCUT2D eigenvalue weighted by atomic mass is 10.5. The van der Waals surface area contributed by atoms with Crippen molar-refractivity contribution in [1.29, 1.82) is 0 Å². The van der Waals surface area contributed by atoms with E-state index >= 15 is 0 Å². The number of imidazole rings is 1. The predicted molar refractivity (Wildman–Crippen MR) is 64.7 cm³/mol. The average Bonchev–Trinajstić information content (AvgIpc) is 2.90. The van der Waals surface area contributed by atoms with Gasteiger partial charge >= 0.3 is 0 Å². The van der Waals surface area contributed by atoms with Crippen LogP contribution in [0.15, 0.2) is 35.6 Å². The molecular formula is C9H12N6O2S. The zero-order valence-corrected chi connectivity index (χ0v) is 10.1. The van der Waals surface area contributed by atoms with Crippen LogP contribution in [0.4, 0.5) is 5.82 Å². The van der Waals surface area contributed by atoms with Gasteiger partial charge in [-0.05, 0) is 6.07 Å². The third-order valence-electron chi connectivity index (χ3n) is 2.17. The summed E-state index contributed by atoms with van der Waals surface area (Å²) in [5.74, 6) is 5.98. The number of anilines is 1. The maximum atomic E-state index is 11.9. The van der Waals surface area contributed by atoms with Crippen LogP contribution in [-0.4, -0.2) is 23.4 Å². The molecule has 0 amide bonds. The summed E-state index contributed by atoms with van der Waals surface area (Å²) in [5, 5.41) is 0. The molecule has 0 saturated carbocycles. The van der Waals surface area contributed by atoms with Crippen molar-refractivity contribution in [2.45, 2.75) is 11.4 Å². The lowest BCUT2D eigenvalue weighted by Crippen LogP contribution is -2.24. The molecule has 18 heavy (non-hydrogen) atoms. The number of hydrogen-bond donors (Lipinski definition) is 4. The lowest BCUT2D eigenvalue weighted by Gasteiger charge is -2.06. The highest BCUT2D eigenvalue weighted by Crippen LogP contribution is 2.11.